The molecule has 0 saturated carbocycles. The number of imidazole rings is 1. The normalized spacial score (nSPS) is 10.7. The summed E-state index contributed by atoms with van der Waals surface area (Å²) in [5.41, 5.74) is 4.30. The first kappa shape index (κ1) is 12.6. The summed E-state index contributed by atoms with van der Waals surface area (Å²) in [6.45, 7) is 8.42. The molecule has 0 spiro atoms. The molecule has 0 aliphatic carbocycles. The van der Waals surface area contributed by atoms with E-state index in [9.17, 15) is 4.79 Å². The summed E-state index contributed by atoms with van der Waals surface area (Å²) in [4.78, 5) is 15.6. The van der Waals surface area contributed by atoms with Gasteiger partial charge in [-0.05, 0) is 26.3 Å². The average molecular weight is 242 g/mol. The fraction of sp³-hybridized carbons (Fsp3) is 0.333. The summed E-state index contributed by atoms with van der Waals surface area (Å²) in [6.07, 6.45) is 1.83. The second kappa shape index (κ2) is 4.77. The first-order chi connectivity index (χ1) is 8.45. The number of carbonyl (C=O) groups is 1. The molecule has 0 saturated heterocycles. The Morgan fingerprint density at radius 1 is 1.17 bits per heavy atom. The van der Waals surface area contributed by atoms with Crippen LogP contribution in [0.3, 0.4) is 0 Å². The number of rotatable bonds is 3. The minimum atomic E-state index is 0.0114. The molecule has 94 valence electrons. The maximum absolute atomic E-state index is 11.3. The van der Waals surface area contributed by atoms with Gasteiger partial charge in [0.2, 0.25) is 0 Å². The molecule has 0 amide bonds. The lowest BCUT2D eigenvalue weighted by Gasteiger charge is -2.07. The van der Waals surface area contributed by atoms with Crippen LogP contribution in [-0.2, 0) is 6.54 Å². The highest BCUT2D eigenvalue weighted by atomic mass is 16.1. The molecule has 1 aromatic heterocycles. The van der Waals surface area contributed by atoms with E-state index in [0.717, 1.165) is 12.4 Å². The van der Waals surface area contributed by atoms with Gasteiger partial charge in [-0.15, -0.1) is 0 Å². The molecule has 3 nitrogen and oxygen atoms in total. The van der Waals surface area contributed by atoms with E-state index in [1.807, 2.05) is 17.7 Å². The number of carbonyl (C=O) groups excluding carboxylic acids is 1. The summed E-state index contributed by atoms with van der Waals surface area (Å²) < 4.78 is 2.02. The molecule has 1 heterocycles. The quantitative estimate of drug-likeness (QED) is 0.775. The van der Waals surface area contributed by atoms with Gasteiger partial charge in [-0.3, -0.25) is 4.79 Å². The Kier molecular flexibility index (Phi) is 3.32. The van der Waals surface area contributed by atoms with Crippen molar-refractivity contribution in [1.29, 1.82) is 0 Å². The van der Waals surface area contributed by atoms with E-state index >= 15 is 0 Å². The van der Waals surface area contributed by atoms with Crippen molar-refractivity contribution in [2.24, 2.45) is 0 Å². The van der Waals surface area contributed by atoms with Gasteiger partial charge in [-0.25, -0.2) is 4.98 Å². The van der Waals surface area contributed by atoms with Crippen molar-refractivity contribution < 1.29 is 4.79 Å². The van der Waals surface area contributed by atoms with Gasteiger partial charge in [-0.2, -0.15) is 0 Å². The van der Waals surface area contributed by atoms with Crippen LogP contribution in [0, 0.1) is 20.8 Å². The Bertz CT molecular complexity index is 576. The molecule has 0 atom stereocenters. The molecule has 1 aromatic carbocycles. The monoisotopic (exact) mass is 242 g/mol. The topological polar surface area (TPSA) is 34.9 Å². The van der Waals surface area contributed by atoms with Gasteiger partial charge in [0.15, 0.2) is 5.78 Å². The van der Waals surface area contributed by atoms with Crippen LogP contribution < -0.4 is 0 Å². The number of aromatic nitrogens is 2. The van der Waals surface area contributed by atoms with Crippen molar-refractivity contribution in [3.63, 3.8) is 0 Å². The highest BCUT2D eigenvalue weighted by Gasteiger charge is 2.08. The van der Waals surface area contributed by atoms with Crippen molar-refractivity contribution in [2.45, 2.75) is 34.2 Å². The van der Waals surface area contributed by atoms with Gasteiger partial charge in [0.25, 0.3) is 0 Å². The molecule has 0 N–H and O–H groups in total. The van der Waals surface area contributed by atoms with Crippen LogP contribution in [0.2, 0.25) is 0 Å². The van der Waals surface area contributed by atoms with Crippen LogP contribution in [0.1, 0.15) is 39.9 Å². The lowest BCUT2D eigenvalue weighted by Crippen LogP contribution is -2.01. The summed E-state index contributed by atoms with van der Waals surface area (Å²) in [7, 11) is 0. The summed E-state index contributed by atoms with van der Waals surface area (Å²) in [5.74, 6) is 0.886. The highest BCUT2D eigenvalue weighted by Crippen LogP contribution is 2.12. The van der Waals surface area contributed by atoms with Crippen molar-refractivity contribution in [2.75, 3.05) is 0 Å². The fourth-order valence-corrected chi connectivity index (χ4v) is 2.20. The number of ketones is 1. The smallest absolute Gasteiger partial charge is 0.179 e. The van der Waals surface area contributed by atoms with Gasteiger partial charge in [-0.1, -0.05) is 29.3 Å². The van der Waals surface area contributed by atoms with E-state index in [1.165, 1.54) is 16.7 Å². The Hall–Kier alpha value is -1.90. The van der Waals surface area contributed by atoms with Crippen LogP contribution >= 0.6 is 0 Å². The van der Waals surface area contributed by atoms with Crippen molar-refractivity contribution >= 4 is 5.78 Å². The maximum Gasteiger partial charge on any atom is 0.179 e. The van der Waals surface area contributed by atoms with E-state index in [2.05, 4.69) is 37.0 Å². The zero-order valence-corrected chi connectivity index (χ0v) is 11.3. The fourth-order valence-electron chi connectivity index (χ4n) is 2.20. The van der Waals surface area contributed by atoms with Crippen LogP contribution in [0.5, 0.6) is 0 Å². The van der Waals surface area contributed by atoms with Gasteiger partial charge < -0.3 is 4.57 Å². The third kappa shape index (κ3) is 2.67. The molecule has 2 aromatic rings. The van der Waals surface area contributed by atoms with Crippen molar-refractivity contribution in [3.05, 3.63) is 52.6 Å². The lowest BCUT2D eigenvalue weighted by molar-refractivity contribution is 0.101. The predicted molar refractivity (Wildman–Crippen MR) is 72.0 cm³/mol. The molecule has 0 unspecified atom stereocenters. The standard InChI is InChI=1S/C15H18N2O/c1-10-5-11(2)7-14(6-10)8-17-9-15(12(3)18)16-13(17)4/h5-7,9H,8H2,1-4H3. The molecule has 0 fully saturated rings. The van der Waals surface area contributed by atoms with Crippen LogP contribution in [-0.4, -0.2) is 15.3 Å². The third-order valence-electron chi connectivity index (χ3n) is 2.97. The second-order valence-corrected chi connectivity index (χ2v) is 4.85. The summed E-state index contributed by atoms with van der Waals surface area (Å²) in [6, 6.07) is 6.49. The van der Waals surface area contributed by atoms with Crippen molar-refractivity contribution in [1.82, 2.24) is 9.55 Å². The minimum Gasteiger partial charge on any atom is -0.330 e. The number of Topliss-reactive ketones (excluding diaryl/α,β-unsaturated/α-hetero) is 1. The van der Waals surface area contributed by atoms with Gasteiger partial charge in [0, 0.05) is 19.7 Å². The number of aryl methyl sites for hydroxylation is 3. The number of benzene rings is 1. The molecule has 0 aliphatic heterocycles. The number of nitrogens with zero attached hydrogens (tertiary/aromatic N) is 2. The summed E-state index contributed by atoms with van der Waals surface area (Å²) in [5, 5.41) is 0. The minimum absolute atomic E-state index is 0.0114. The van der Waals surface area contributed by atoms with E-state index in [0.29, 0.717) is 5.69 Å². The zero-order valence-electron chi connectivity index (χ0n) is 11.3. The molecule has 0 radical (unpaired) electrons. The van der Waals surface area contributed by atoms with Gasteiger partial charge >= 0.3 is 0 Å². The number of hydrogen-bond donors (Lipinski definition) is 0. The van der Waals surface area contributed by atoms with E-state index in [1.54, 1.807) is 6.92 Å². The van der Waals surface area contributed by atoms with E-state index in [-0.39, 0.29) is 5.78 Å². The Morgan fingerprint density at radius 2 is 1.78 bits per heavy atom. The van der Waals surface area contributed by atoms with Gasteiger partial charge in [0.1, 0.15) is 11.5 Å². The Labute approximate surface area is 107 Å². The first-order valence-corrected chi connectivity index (χ1v) is 6.07. The largest absolute Gasteiger partial charge is 0.330 e. The Morgan fingerprint density at radius 3 is 2.28 bits per heavy atom. The van der Waals surface area contributed by atoms with Gasteiger partial charge in [0.05, 0.1) is 0 Å². The van der Waals surface area contributed by atoms with E-state index < -0.39 is 0 Å². The molecular weight excluding hydrogens is 224 g/mol. The molecule has 3 heteroatoms. The molecule has 0 bridgehead atoms. The molecule has 2 rings (SSSR count). The average Bonchev–Trinajstić information content (AvgIpc) is 2.59. The first-order valence-electron chi connectivity index (χ1n) is 6.07. The zero-order chi connectivity index (χ0) is 13.3. The number of hydrogen-bond acceptors (Lipinski definition) is 2. The van der Waals surface area contributed by atoms with Crippen LogP contribution in [0.15, 0.2) is 24.4 Å². The lowest BCUT2D eigenvalue weighted by atomic mass is 10.1. The van der Waals surface area contributed by atoms with Crippen LogP contribution in [0.25, 0.3) is 0 Å². The second-order valence-electron chi connectivity index (χ2n) is 4.85. The molecule has 0 aliphatic rings. The maximum atomic E-state index is 11.3. The van der Waals surface area contributed by atoms with Crippen molar-refractivity contribution in [3.8, 4) is 0 Å². The molecule has 18 heavy (non-hydrogen) atoms. The summed E-state index contributed by atoms with van der Waals surface area (Å²) >= 11 is 0. The third-order valence-corrected chi connectivity index (χ3v) is 2.97. The SMILES string of the molecule is CC(=O)c1cn(Cc2cc(C)cc(C)c2)c(C)n1. The Balaban J connectivity index is 2.30. The highest BCUT2D eigenvalue weighted by molar-refractivity contribution is 5.91. The van der Waals surface area contributed by atoms with Crippen LogP contribution in [0.4, 0.5) is 0 Å². The predicted octanol–water partition coefficient (Wildman–Crippen LogP) is 3.06. The molecular formula is C15H18N2O. The van der Waals surface area contributed by atoms with E-state index in [4.69, 9.17) is 0 Å².